The molecular formula is C15H11F4N3. The van der Waals surface area contributed by atoms with Crippen molar-refractivity contribution in [2.24, 2.45) is 7.05 Å². The van der Waals surface area contributed by atoms with Crippen LogP contribution < -0.4 is 5.73 Å². The molecule has 1 aromatic heterocycles. The molecule has 0 radical (unpaired) electrons. The number of hydrogen-bond acceptors (Lipinski definition) is 2. The molecule has 0 amide bonds. The van der Waals surface area contributed by atoms with Crippen LogP contribution in [0.25, 0.3) is 22.0 Å². The molecule has 2 aromatic carbocycles. The van der Waals surface area contributed by atoms with Crippen LogP contribution in [0.5, 0.6) is 0 Å². The molecule has 0 aliphatic heterocycles. The van der Waals surface area contributed by atoms with Gasteiger partial charge in [0.2, 0.25) is 0 Å². The highest BCUT2D eigenvalue weighted by Gasteiger charge is 2.31. The molecule has 3 rings (SSSR count). The predicted octanol–water partition coefficient (Wildman–Crippen LogP) is 3.98. The summed E-state index contributed by atoms with van der Waals surface area (Å²) in [5, 5.41) is 4.83. The Bertz CT molecular complexity index is 865. The van der Waals surface area contributed by atoms with Crippen molar-refractivity contribution in [3.63, 3.8) is 0 Å². The molecule has 0 fully saturated rings. The Morgan fingerprint density at radius 3 is 2.45 bits per heavy atom. The summed E-state index contributed by atoms with van der Waals surface area (Å²) in [5.74, 6) is -0.969. The fourth-order valence-corrected chi connectivity index (χ4v) is 2.36. The van der Waals surface area contributed by atoms with Crippen molar-refractivity contribution >= 4 is 16.6 Å². The van der Waals surface area contributed by atoms with Gasteiger partial charge in [-0.2, -0.15) is 18.3 Å². The van der Waals surface area contributed by atoms with Crippen molar-refractivity contribution < 1.29 is 17.6 Å². The van der Waals surface area contributed by atoms with E-state index in [1.54, 1.807) is 30.1 Å². The highest BCUT2D eigenvalue weighted by atomic mass is 19.4. The number of nitrogen functional groups attached to an aromatic ring is 1. The molecular weight excluding hydrogens is 298 g/mol. The second-order valence-corrected chi connectivity index (χ2v) is 4.96. The summed E-state index contributed by atoms with van der Waals surface area (Å²) in [5.41, 5.74) is 6.21. The van der Waals surface area contributed by atoms with Crippen LogP contribution in [0.4, 0.5) is 23.2 Å². The van der Waals surface area contributed by atoms with E-state index in [0.717, 1.165) is 17.5 Å². The zero-order valence-corrected chi connectivity index (χ0v) is 11.4. The van der Waals surface area contributed by atoms with Crippen molar-refractivity contribution in [3.8, 4) is 11.1 Å². The Morgan fingerprint density at radius 2 is 1.82 bits per heavy atom. The molecule has 0 aliphatic rings. The van der Waals surface area contributed by atoms with Gasteiger partial charge in [-0.15, -0.1) is 0 Å². The minimum absolute atomic E-state index is 0.0219. The molecule has 0 spiro atoms. The van der Waals surface area contributed by atoms with Gasteiger partial charge in [0.05, 0.1) is 17.3 Å². The van der Waals surface area contributed by atoms with E-state index in [1.165, 1.54) is 0 Å². The zero-order chi connectivity index (χ0) is 16.1. The lowest BCUT2D eigenvalue weighted by atomic mass is 10.00. The summed E-state index contributed by atoms with van der Waals surface area (Å²) in [7, 11) is 1.71. The predicted molar refractivity (Wildman–Crippen MR) is 75.5 cm³/mol. The molecule has 0 saturated heterocycles. The standard InChI is InChI=1S/C15H11F4N3/c1-22-14-6-11(13(20)4-8(14)7-21-22)10-3-2-9(5-12(10)16)15(17,18)19/h2-7H,20H2,1H3. The fraction of sp³-hybridized carbons (Fsp3) is 0.133. The van der Waals surface area contributed by atoms with Crippen LogP contribution >= 0.6 is 0 Å². The molecule has 3 nitrogen and oxygen atoms in total. The van der Waals surface area contributed by atoms with Gasteiger partial charge in [0.25, 0.3) is 0 Å². The third-order valence-corrected chi connectivity index (χ3v) is 3.50. The van der Waals surface area contributed by atoms with Crippen molar-refractivity contribution in [3.05, 3.63) is 47.9 Å². The average molecular weight is 309 g/mol. The number of nitrogens with zero attached hydrogens (tertiary/aromatic N) is 2. The second-order valence-electron chi connectivity index (χ2n) is 4.96. The van der Waals surface area contributed by atoms with E-state index < -0.39 is 17.6 Å². The number of alkyl halides is 3. The van der Waals surface area contributed by atoms with E-state index in [2.05, 4.69) is 5.10 Å². The average Bonchev–Trinajstić information content (AvgIpc) is 2.78. The first-order valence-electron chi connectivity index (χ1n) is 6.36. The first-order chi connectivity index (χ1) is 10.3. The lowest BCUT2D eigenvalue weighted by Gasteiger charge is -2.11. The molecule has 22 heavy (non-hydrogen) atoms. The van der Waals surface area contributed by atoms with Crippen LogP contribution in [0.1, 0.15) is 5.56 Å². The molecule has 7 heteroatoms. The van der Waals surface area contributed by atoms with E-state index in [9.17, 15) is 17.6 Å². The Hall–Kier alpha value is -2.57. The molecule has 0 unspecified atom stereocenters. The van der Waals surface area contributed by atoms with E-state index in [0.29, 0.717) is 17.1 Å². The fourth-order valence-electron chi connectivity index (χ4n) is 2.36. The summed E-state index contributed by atoms with van der Waals surface area (Å²) >= 11 is 0. The summed E-state index contributed by atoms with van der Waals surface area (Å²) in [6, 6.07) is 5.64. The molecule has 0 bridgehead atoms. The topological polar surface area (TPSA) is 43.8 Å². The van der Waals surface area contributed by atoms with E-state index in [4.69, 9.17) is 5.73 Å². The number of aromatic nitrogens is 2. The molecule has 114 valence electrons. The number of aryl methyl sites for hydroxylation is 1. The van der Waals surface area contributed by atoms with Crippen LogP contribution in [-0.2, 0) is 13.2 Å². The SMILES string of the molecule is Cn1ncc2cc(N)c(-c3ccc(C(F)(F)F)cc3F)cc21. The normalized spacial score (nSPS) is 12.0. The number of anilines is 1. The Labute approximate surface area is 123 Å². The van der Waals surface area contributed by atoms with Gasteiger partial charge < -0.3 is 5.73 Å². The molecule has 2 N–H and O–H groups in total. The quantitative estimate of drug-likeness (QED) is 0.546. The number of fused-ring (bicyclic) bond motifs is 1. The largest absolute Gasteiger partial charge is 0.416 e. The third kappa shape index (κ3) is 2.28. The molecule has 0 atom stereocenters. The third-order valence-electron chi connectivity index (χ3n) is 3.50. The van der Waals surface area contributed by atoms with E-state index in [1.807, 2.05) is 0 Å². The van der Waals surface area contributed by atoms with Crippen molar-refractivity contribution in [2.75, 3.05) is 5.73 Å². The van der Waals surface area contributed by atoms with E-state index >= 15 is 0 Å². The number of hydrogen-bond donors (Lipinski definition) is 1. The maximum absolute atomic E-state index is 14.1. The van der Waals surface area contributed by atoms with Crippen molar-refractivity contribution in [1.29, 1.82) is 0 Å². The van der Waals surface area contributed by atoms with Gasteiger partial charge in [-0.3, -0.25) is 4.68 Å². The van der Waals surface area contributed by atoms with Gasteiger partial charge in [0.15, 0.2) is 0 Å². The molecule has 0 aliphatic carbocycles. The number of rotatable bonds is 1. The summed E-state index contributed by atoms with van der Waals surface area (Å²) in [6.45, 7) is 0. The van der Waals surface area contributed by atoms with Crippen LogP contribution in [0.2, 0.25) is 0 Å². The number of halogens is 4. The van der Waals surface area contributed by atoms with Crippen molar-refractivity contribution in [1.82, 2.24) is 9.78 Å². The molecule has 3 aromatic rings. The summed E-state index contributed by atoms with van der Waals surface area (Å²) in [6.07, 6.45) is -2.98. The van der Waals surface area contributed by atoms with Gasteiger partial charge in [-0.25, -0.2) is 4.39 Å². The second kappa shape index (κ2) is 4.72. The molecule has 1 heterocycles. The highest BCUT2D eigenvalue weighted by Crippen LogP contribution is 2.35. The number of benzene rings is 2. The Kier molecular flexibility index (Phi) is 3.09. The smallest absolute Gasteiger partial charge is 0.398 e. The van der Waals surface area contributed by atoms with Crippen LogP contribution in [0.15, 0.2) is 36.5 Å². The van der Waals surface area contributed by atoms with Crippen LogP contribution in [0.3, 0.4) is 0 Å². The number of nitrogens with two attached hydrogens (primary N) is 1. The lowest BCUT2D eigenvalue weighted by Crippen LogP contribution is -2.05. The minimum Gasteiger partial charge on any atom is -0.398 e. The van der Waals surface area contributed by atoms with E-state index in [-0.39, 0.29) is 11.3 Å². The highest BCUT2D eigenvalue weighted by molar-refractivity contribution is 5.91. The lowest BCUT2D eigenvalue weighted by molar-refractivity contribution is -0.137. The first kappa shape index (κ1) is 14.4. The summed E-state index contributed by atoms with van der Waals surface area (Å²) < 4.78 is 53.5. The van der Waals surface area contributed by atoms with Crippen LogP contribution in [0, 0.1) is 5.82 Å². The Morgan fingerprint density at radius 1 is 1.09 bits per heavy atom. The van der Waals surface area contributed by atoms with Gasteiger partial charge >= 0.3 is 6.18 Å². The van der Waals surface area contributed by atoms with Gasteiger partial charge in [0, 0.05) is 29.2 Å². The maximum atomic E-state index is 14.1. The van der Waals surface area contributed by atoms with Gasteiger partial charge in [-0.05, 0) is 24.3 Å². The minimum atomic E-state index is -4.59. The molecule has 0 saturated carbocycles. The van der Waals surface area contributed by atoms with Crippen LogP contribution in [-0.4, -0.2) is 9.78 Å². The van der Waals surface area contributed by atoms with Crippen molar-refractivity contribution in [2.45, 2.75) is 6.18 Å². The zero-order valence-electron chi connectivity index (χ0n) is 11.4. The van der Waals surface area contributed by atoms with Gasteiger partial charge in [0.1, 0.15) is 5.82 Å². The Balaban J connectivity index is 2.19. The maximum Gasteiger partial charge on any atom is 0.416 e. The van der Waals surface area contributed by atoms with Gasteiger partial charge in [-0.1, -0.05) is 6.07 Å². The first-order valence-corrected chi connectivity index (χ1v) is 6.36. The monoisotopic (exact) mass is 309 g/mol. The summed E-state index contributed by atoms with van der Waals surface area (Å²) in [4.78, 5) is 0.